The second-order valence-corrected chi connectivity index (χ2v) is 6.50. The zero-order valence-corrected chi connectivity index (χ0v) is 12.6. The van der Waals surface area contributed by atoms with E-state index in [0.717, 1.165) is 6.26 Å². The summed E-state index contributed by atoms with van der Waals surface area (Å²) in [4.78, 5) is 0. The Hall–Kier alpha value is -2.08. The van der Waals surface area contributed by atoms with Crippen LogP contribution in [0.2, 0.25) is 0 Å². The van der Waals surface area contributed by atoms with Crippen molar-refractivity contribution < 1.29 is 17.5 Å². The second kappa shape index (κ2) is 6.13. The molecular weight excluding hydrogens is 293 g/mol. The lowest BCUT2D eigenvalue weighted by atomic mass is 10.2. The number of anilines is 1. The van der Waals surface area contributed by atoms with Crippen LogP contribution in [0.15, 0.2) is 48.5 Å². The van der Waals surface area contributed by atoms with Crippen molar-refractivity contribution in [1.29, 1.82) is 0 Å². The maximum atomic E-state index is 12.9. The normalized spacial score (nSPS) is 11.2. The van der Waals surface area contributed by atoms with Crippen LogP contribution >= 0.6 is 0 Å². The zero-order valence-electron chi connectivity index (χ0n) is 11.8. The summed E-state index contributed by atoms with van der Waals surface area (Å²) in [6.45, 7) is 0.131. The summed E-state index contributed by atoms with van der Waals surface area (Å²) in [6, 6.07) is 12.5. The first-order valence-electron chi connectivity index (χ1n) is 6.26. The minimum absolute atomic E-state index is 0.131. The topological polar surface area (TPSA) is 46.6 Å². The molecule has 21 heavy (non-hydrogen) atoms. The van der Waals surface area contributed by atoms with Crippen LogP contribution in [-0.2, 0) is 16.6 Å². The van der Waals surface area contributed by atoms with Gasteiger partial charge in [-0.15, -0.1) is 0 Å². The van der Waals surface area contributed by atoms with Gasteiger partial charge in [-0.25, -0.2) is 12.8 Å². The SMILES string of the molecule is COc1cccc(N(Cc2ccc(F)cc2)S(C)(=O)=O)c1. The van der Waals surface area contributed by atoms with Gasteiger partial charge in [0.2, 0.25) is 10.0 Å². The average molecular weight is 309 g/mol. The number of halogens is 1. The predicted molar refractivity (Wildman–Crippen MR) is 80.4 cm³/mol. The molecule has 0 fully saturated rings. The van der Waals surface area contributed by atoms with Crippen LogP contribution in [0.1, 0.15) is 5.56 Å². The highest BCUT2D eigenvalue weighted by Crippen LogP contribution is 2.24. The van der Waals surface area contributed by atoms with Crippen LogP contribution in [0, 0.1) is 5.82 Å². The number of hydrogen-bond donors (Lipinski definition) is 0. The summed E-state index contributed by atoms with van der Waals surface area (Å²) in [6.07, 6.45) is 1.13. The Morgan fingerprint density at radius 1 is 1.14 bits per heavy atom. The Morgan fingerprint density at radius 2 is 1.81 bits per heavy atom. The molecule has 112 valence electrons. The molecule has 0 spiro atoms. The number of nitrogens with zero attached hydrogens (tertiary/aromatic N) is 1. The smallest absolute Gasteiger partial charge is 0.232 e. The molecule has 0 aliphatic heterocycles. The zero-order chi connectivity index (χ0) is 15.5. The van der Waals surface area contributed by atoms with Gasteiger partial charge in [0.05, 0.1) is 25.6 Å². The monoisotopic (exact) mass is 309 g/mol. The standard InChI is InChI=1S/C15H16FNO3S/c1-20-15-5-3-4-14(10-15)17(21(2,18)19)11-12-6-8-13(16)9-7-12/h3-10H,11H2,1-2H3. The number of ether oxygens (including phenoxy) is 1. The van der Waals surface area contributed by atoms with Crippen molar-refractivity contribution in [1.82, 2.24) is 0 Å². The van der Waals surface area contributed by atoms with Gasteiger partial charge in [-0.1, -0.05) is 18.2 Å². The highest BCUT2D eigenvalue weighted by Gasteiger charge is 2.18. The van der Waals surface area contributed by atoms with E-state index < -0.39 is 10.0 Å². The summed E-state index contributed by atoms with van der Waals surface area (Å²) < 4.78 is 43.3. The summed E-state index contributed by atoms with van der Waals surface area (Å²) in [7, 11) is -1.95. The molecule has 0 saturated heterocycles. The summed E-state index contributed by atoms with van der Waals surface area (Å²) in [5, 5.41) is 0. The van der Waals surface area contributed by atoms with Crippen LogP contribution in [0.3, 0.4) is 0 Å². The molecule has 0 atom stereocenters. The molecular formula is C15H16FNO3S. The maximum Gasteiger partial charge on any atom is 0.232 e. The lowest BCUT2D eigenvalue weighted by Crippen LogP contribution is -2.29. The summed E-state index contributed by atoms with van der Waals surface area (Å²) in [5.41, 5.74) is 1.20. The molecule has 2 aromatic carbocycles. The van der Waals surface area contributed by atoms with E-state index in [1.165, 1.54) is 23.5 Å². The van der Waals surface area contributed by atoms with Crippen molar-refractivity contribution in [3.05, 3.63) is 59.9 Å². The molecule has 0 amide bonds. The molecule has 4 nitrogen and oxygen atoms in total. The molecule has 0 aliphatic carbocycles. The Balaban J connectivity index is 2.37. The lowest BCUT2D eigenvalue weighted by Gasteiger charge is -2.23. The van der Waals surface area contributed by atoms with E-state index in [1.54, 1.807) is 36.4 Å². The summed E-state index contributed by atoms with van der Waals surface area (Å²) >= 11 is 0. The molecule has 2 aromatic rings. The van der Waals surface area contributed by atoms with Gasteiger partial charge >= 0.3 is 0 Å². The highest BCUT2D eigenvalue weighted by molar-refractivity contribution is 7.92. The number of sulfonamides is 1. The quantitative estimate of drug-likeness (QED) is 0.853. The molecule has 6 heteroatoms. The molecule has 0 aromatic heterocycles. The van der Waals surface area contributed by atoms with Crippen LogP contribution in [0.4, 0.5) is 10.1 Å². The van der Waals surface area contributed by atoms with Crippen molar-refractivity contribution in [3.63, 3.8) is 0 Å². The fourth-order valence-electron chi connectivity index (χ4n) is 1.92. The van der Waals surface area contributed by atoms with Crippen LogP contribution < -0.4 is 9.04 Å². The van der Waals surface area contributed by atoms with E-state index in [9.17, 15) is 12.8 Å². The van der Waals surface area contributed by atoms with Gasteiger partial charge in [0, 0.05) is 6.07 Å². The van der Waals surface area contributed by atoms with Gasteiger partial charge in [0.15, 0.2) is 0 Å². The van der Waals surface area contributed by atoms with Gasteiger partial charge in [-0.05, 0) is 29.8 Å². The molecule has 0 bridgehead atoms. The Bertz CT molecular complexity index is 714. The number of benzene rings is 2. The van der Waals surface area contributed by atoms with E-state index in [2.05, 4.69) is 0 Å². The molecule has 0 heterocycles. The van der Waals surface area contributed by atoms with Crippen molar-refractivity contribution in [2.75, 3.05) is 17.7 Å². The largest absolute Gasteiger partial charge is 0.497 e. The summed E-state index contributed by atoms with van der Waals surface area (Å²) in [5.74, 6) is 0.214. The first-order valence-corrected chi connectivity index (χ1v) is 8.11. The van der Waals surface area contributed by atoms with Crippen molar-refractivity contribution in [3.8, 4) is 5.75 Å². The average Bonchev–Trinajstić information content (AvgIpc) is 2.45. The van der Waals surface area contributed by atoms with Gasteiger partial charge < -0.3 is 4.74 Å². The first kappa shape index (κ1) is 15.3. The van der Waals surface area contributed by atoms with E-state index in [4.69, 9.17) is 4.74 Å². The predicted octanol–water partition coefficient (Wildman–Crippen LogP) is 2.80. The van der Waals surface area contributed by atoms with Gasteiger partial charge in [-0.2, -0.15) is 0 Å². The fraction of sp³-hybridized carbons (Fsp3) is 0.200. The molecule has 0 N–H and O–H groups in total. The fourth-order valence-corrected chi connectivity index (χ4v) is 2.80. The van der Waals surface area contributed by atoms with Crippen LogP contribution in [0.5, 0.6) is 5.75 Å². The Kier molecular flexibility index (Phi) is 4.47. The van der Waals surface area contributed by atoms with Crippen molar-refractivity contribution in [2.24, 2.45) is 0 Å². The van der Waals surface area contributed by atoms with Gasteiger partial charge in [0.25, 0.3) is 0 Å². The number of rotatable bonds is 5. The molecule has 0 saturated carbocycles. The first-order chi connectivity index (χ1) is 9.90. The maximum absolute atomic E-state index is 12.9. The molecule has 0 aliphatic rings. The molecule has 2 rings (SSSR count). The van der Waals surface area contributed by atoms with Gasteiger partial charge in [-0.3, -0.25) is 4.31 Å². The Labute approximate surface area is 123 Å². The third-order valence-electron chi connectivity index (χ3n) is 2.98. The third-order valence-corrected chi connectivity index (χ3v) is 4.12. The second-order valence-electron chi connectivity index (χ2n) is 4.60. The van der Waals surface area contributed by atoms with E-state index >= 15 is 0 Å². The van der Waals surface area contributed by atoms with Crippen molar-refractivity contribution in [2.45, 2.75) is 6.54 Å². The van der Waals surface area contributed by atoms with Crippen LogP contribution in [-0.4, -0.2) is 21.8 Å². The van der Waals surface area contributed by atoms with Crippen molar-refractivity contribution >= 4 is 15.7 Å². The highest BCUT2D eigenvalue weighted by atomic mass is 32.2. The van der Waals surface area contributed by atoms with E-state index in [0.29, 0.717) is 17.0 Å². The Morgan fingerprint density at radius 3 is 2.38 bits per heavy atom. The molecule has 0 unspecified atom stereocenters. The minimum atomic E-state index is -3.47. The molecule has 0 radical (unpaired) electrons. The van der Waals surface area contributed by atoms with E-state index in [1.807, 2.05) is 0 Å². The van der Waals surface area contributed by atoms with Crippen LogP contribution in [0.25, 0.3) is 0 Å². The number of hydrogen-bond acceptors (Lipinski definition) is 3. The van der Waals surface area contributed by atoms with E-state index in [-0.39, 0.29) is 12.4 Å². The van der Waals surface area contributed by atoms with Gasteiger partial charge in [0.1, 0.15) is 11.6 Å². The third kappa shape index (κ3) is 3.95. The number of methoxy groups -OCH3 is 1. The minimum Gasteiger partial charge on any atom is -0.497 e. The lowest BCUT2D eigenvalue weighted by molar-refractivity contribution is 0.415.